The zero-order valence-corrected chi connectivity index (χ0v) is 18.8. The minimum atomic E-state index is 0. The number of methoxy groups -OCH3 is 1. The minimum absolute atomic E-state index is 0. The molecule has 0 atom stereocenters. The molecule has 7 heteroatoms. The van der Waals surface area contributed by atoms with E-state index in [-0.39, 0.29) is 29.7 Å². The zero-order valence-electron chi connectivity index (χ0n) is 16.5. The second kappa shape index (κ2) is 11.0. The fourth-order valence-corrected chi connectivity index (χ4v) is 3.24. The van der Waals surface area contributed by atoms with E-state index in [9.17, 15) is 5.11 Å². The Bertz CT molecular complexity index is 759. The van der Waals surface area contributed by atoms with E-state index in [1.165, 1.54) is 0 Å². The van der Waals surface area contributed by atoms with Crippen molar-refractivity contribution in [2.24, 2.45) is 4.99 Å². The van der Waals surface area contributed by atoms with Crippen LogP contribution < -0.4 is 15.0 Å². The number of aliphatic imine (C=N–C) groups is 1. The summed E-state index contributed by atoms with van der Waals surface area (Å²) < 4.78 is 5.50. The summed E-state index contributed by atoms with van der Waals surface area (Å²) in [5.41, 5.74) is 2.22. The molecular weight excluding hydrogens is 467 g/mol. The highest BCUT2D eigenvalue weighted by atomic mass is 127. The van der Waals surface area contributed by atoms with E-state index in [1.807, 2.05) is 30.3 Å². The molecule has 0 saturated carbocycles. The summed E-state index contributed by atoms with van der Waals surface area (Å²) in [5, 5.41) is 12.8. The van der Waals surface area contributed by atoms with Gasteiger partial charge in [-0.15, -0.1) is 24.0 Å². The van der Waals surface area contributed by atoms with Crippen LogP contribution in [0.3, 0.4) is 0 Å². The van der Waals surface area contributed by atoms with Gasteiger partial charge in [-0.25, -0.2) is 4.99 Å². The average Bonchev–Trinajstić information content (AvgIpc) is 2.72. The number of hydrogen-bond acceptors (Lipinski definition) is 4. The first-order valence-corrected chi connectivity index (χ1v) is 9.40. The number of piperazine rings is 1. The first-order chi connectivity index (χ1) is 13.2. The Balaban J connectivity index is 0.00000280. The van der Waals surface area contributed by atoms with Crippen molar-refractivity contribution in [3.8, 4) is 11.5 Å². The van der Waals surface area contributed by atoms with Crippen LogP contribution in [0.5, 0.6) is 11.5 Å². The van der Waals surface area contributed by atoms with Crippen LogP contribution >= 0.6 is 24.0 Å². The standard InChI is InChI=1S/C21H28N4O2.HI/c1-3-22-21(23-16-17-8-10-18(26)11-9-17)25-14-12-24(13-15-25)19-6-4-5-7-20(19)27-2;/h4-11,26H,3,12-16H2,1-2H3,(H,22,23);1H. The van der Waals surface area contributed by atoms with Crippen molar-refractivity contribution in [1.82, 2.24) is 10.2 Å². The van der Waals surface area contributed by atoms with E-state index >= 15 is 0 Å². The summed E-state index contributed by atoms with van der Waals surface area (Å²) in [7, 11) is 1.72. The Morgan fingerprint density at radius 1 is 1.07 bits per heavy atom. The number of nitrogens with one attached hydrogen (secondary N) is 1. The molecule has 0 amide bonds. The van der Waals surface area contributed by atoms with Crippen LogP contribution in [-0.2, 0) is 6.54 Å². The van der Waals surface area contributed by atoms with Gasteiger partial charge in [0.25, 0.3) is 0 Å². The summed E-state index contributed by atoms with van der Waals surface area (Å²) >= 11 is 0. The maximum atomic E-state index is 9.41. The van der Waals surface area contributed by atoms with E-state index in [2.05, 4.69) is 28.1 Å². The molecule has 2 aromatic rings. The van der Waals surface area contributed by atoms with Crippen LogP contribution in [-0.4, -0.2) is 55.8 Å². The van der Waals surface area contributed by atoms with Gasteiger partial charge in [0.15, 0.2) is 5.96 Å². The molecule has 3 rings (SSSR count). The van der Waals surface area contributed by atoms with E-state index in [0.717, 1.165) is 55.7 Å². The first kappa shape index (κ1) is 22.1. The van der Waals surface area contributed by atoms with E-state index < -0.39 is 0 Å². The van der Waals surface area contributed by atoms with Crippen LogP contribution in [0.2, 0.25) is 0 Å². The van der Waals surface area contributed by atoms with Crippen LogP contribution in [0.4, 0.5) is 5.69 Å². The molecule has 28 heavy (non-hydrogen) atoms. The van der Waals surface area contributed by atoms with Crippen LogP contribution in [0.25, 0.3) is 0 Å². The number of anilines is 1. The van der Waals surface area contributed by atoms with Gasteiger partial charge in [0, 0.05) is 32.7 Å². The lowest BCUT2D eigenvalue weighted by Gasteiger charge is -2.38. The monoisotopic (exact) mass is 496 g/mol. The van der Waals surface area contributed by atoms with Gasteiger partial charge in [-0.2, -0.15) is 0 Å². The van der Waals surface area contributed by atoms with E-state index in [4.69, 9.17) is 9.73 Å². The Hall–Kier alpha value is -2.16. The largest absolute Gasteiger partial charge is 0.508 e. The number of aromatic hydroxyl groups is 1. The third-order valence-electron chi connectivity index (χ3n) is 4.69. The van der Waals surface area contributed by atoms with Crippen LogP contribution in [0, 0.1) is 0 Å². The Morgan fingerprint density at radius 3 is 2.39 bits per heavy atom. The molecule has 0 radical (unpaired) electrons. The number of para-hydroxylation sites is 2. The predicted molar refractivity (Wildman–Crippen MR) is 125 cm³/mol. The second-order valence-electron chi connectivity index (χ2n) is 6.48. The number of benzene rings is 2. The molecule has 0 unspecified atom stereocenters. The molecule has 1 fully saturated rings. The lowest BCUT2D eigenvalue weighted by atomic mass is 10.2. The third-order valence-corrected chi connectivity index (χ3v) is 4.69. The number of ether oxygens (including phenoxy) is 1. The van der Waals surface area contributed by atoms with Crippen LogP contribution in [0.15, 0.2) is 53.5 Å². The summed E-state index contributed by atoms with van der Waals surface area (Å²) in [4.78, 5) is 9.44. The van der Waals surface area contributed by atoms with Crippen molar-refractivity contribution in [2.45, 2.75) is 13.5 Å². The average molecular weight is 496 g/mol. The fourth-order valence-electron chi connectivity index (χ4n) is 3.24. The molecule has 2 N–H and O–H groups in total. The molecule has 0 bridgehead atoms. The van der Waals surface area contributed by atoms with Crippen molar-refractivity contribution in [3.63, 3.8) is 0 Å². The molecule has 1 heterocycles. The van der Waals surface area contributed by atoms with Gasteiger partial charge in [-0.3, -0.25) is 0 Å². The van der Waals surface area contributed by atoms with Crippen LogP contribution in [0.1, 0.15) is 12.5 Å². The van der Waals surface area contributed by atoms with Crippen molar-refractivity contribution < 1.29 is 9.84 Å². The van der Waals surface area contributed by atoms with Crippen molar-refractivity contribution in [1.29, 1.82) is 0 Å². The second-order valence-corrected chi connectivity index (χ2v) is 6.48. The predicted octanol–water partition coefficient (Wildman–Crippen LogP) is 3.31. The smallest absolute Gasteiger partial charge is 0.194 e. The zero-order chi connectivity index (χ0) is 19.1. The van der Waals surface area contributed by atoms with Gasteiger partial charge < -0.3 is 25.0 Å². The summed E-state index contributed by atoms with van der Waals surface area (Å²) in [5.74, 6) is 2.13. The molecular formula is C21H29IN4O2. The number of rotatable bonds is 5. The highest BCUT2D eigenvalue weighted by Crippen LogP contribution is 2.28. The molecule has 152 valence electrons. The number of phenols is 1. The molecule has 1 aliphatic rings. The number of hydrogen-bond donors (Lipinski definition) is 2. The maximum Gasteiger partial charge on any atom is 0.194 e. The van der Waals surface area contributed by atoms with E-state index in [1.54, 1.807) is 19.2 Å². The number of nitrogens with zero attached hydrogens (tertiary/aromatic N) is 3. The molecule has 1 aliphatic heterocycles. The highest BCUT2D eigenvalue weighted by molar-refractivity contribution is 14.0. The number of halogens is 1. The molecule has 6 nitrogen and oxygen atoms in total. The fraction of sp³-hybridized carbons (Fsp3) is 0.381. The van der Waals surface area contributed by atoms with Gasteiger partial charge in [-0.05, 0) is 36.8 Å². The van der Waals surface area contributed by atoms with Gasteiger partial charge >= 0.3 is 0 Å². The van der Waals surface area contributed by atoms with Crippen molar-refractivity contribution >= 4 is 35.6 Å². The SMILES string of the molecule is CCNC(=NCc1ccc(O)cc1)N1CCN(c2ccccc2OC)CC1.I. The summed E-state index contributed by atoms with van der Waals surface area (Å²) in [6.45, 7) is 7.16. The third kappa shape index (κ3) is 5.67. The highest BCUT2D eigenvalue weighted by Gasteiger charge is 2.21. The molecule has 0 aromatic heterocycles. The lowest BCUT2D eigenvalue weighted by molar-refractivity contribution is 0.367. The molecule has 1 saturated heterocycles. The number of phenolic OH excluding ortho intramolecular Hbond substituents is 1. The summed E-state index contributed by atoms with van der Waals surface area (Å²) in [6, 6.07) is 15.4. The van der Waals surface area contributed by atoms with Gasteiger partial charge in [0.1, 0.15) is 11.5 Å². The van der Waals surface area contributed by atoms with E-state index in [0.29, 0.717) is 6.54 Å². The van der Waals surface area contributed by atoms with Gasteiger partial charge in [0.05, 0.1) is 19.3 Å². The summed E-state index contributed by atoms with van der Waals surface area (Å²) in [6.07, 6.45) is 0. The van der Waals surface area contributed by atoms with Crippen molar-refractivity contribution in [2.75, 3.05) is 44.7 Å². The van der Waals surface area contributed by atoms with Gasteiger partial charge in [-0.1, -0.05) is 24.3 Å². The minimum Gasteiger partial charge on any atom is -0.508 e. The molecule has 0 spiro atoms. The van der Waals surface area contributed by atoms with Crippen molar-refractivity contribution in [3.05, 3.63) is 54.1 Å². The number of guanidine groups is 1. The quantitative estimate of drug-likeness (QED) is 0.378. The lowest BCUT2D eigenvalue weighted by Crippen LogP contribution is -2.52. The van der Waals surface area contributed by atoms with Gasteiger partial charge in [0.2, 0.25) is 0 Å². The first-order valence-electron chi connectivity index (χ1n) is 9.40. The molecule has 0 aliphatic carbocycles. The Labute approximate surface area is 184 Å². The molecule has 2 aromatic carbocycles. The Kier molecular flexibility index (Phi) is 8.69. The topological polar surface area (TPSA) is 60.3 Å². The normalized spacial score (nSPS) is 14.4. The Morgan fingerprint density at radius 2 is 1.75 bits per heavy atom. The maximum absolute atomic E-state index is 9.41.